The fourth-order valence-electron chi connectivity index (χ4n) is 2.10. The maximum absolute atomic E-state index is 12.0. The van der Waals surface area contributed by atoms with E-state index in [1.807, 2.05) is 31.2 Å². The lowest BCUT2D eigenvalue weighted by molar-refractivity contribution is -0.139. The van der Waals surface area contributed by atoms with E-state index in [1.165, 1.54) is 0 Å². The summed E-state index contributed by atoms with van der Waals surface area (Å²) in [4.78, 5) is 22.8. The summed E-state index contributed by atoms with van der Waals surface area (Å²) >= 11 is 3.45. The van der Waals surface area contributed by atoms with Gasteiger partial charge in [0.2, 0.25) is 5.91 Å². The van der Waals surface area contributed by atoms with Crippen LogP contribution < -0.4 is 5.32 Å². The zero-order valence-corrected chi connectivity index (χ0v) is 13.5. The molecular formula is C15H20BrNO3. The number of carbonyl (C=O) groups is 2. The van der Waals surface area contributed by atoms with Gasteiger partial charge in [-0.15, -0.1) is 0 Å². The van der Waals surface area contributed by atoms with E-state index in [0.717, 1.165) is 10.0 Å². The molecule has 0 saturated heterocycles. The second kappa shape index (κ2) is 6.88. The summed E-state index contributed by atoms with van der Waals surface area (Å²) in [5.41, 5.74) is 0.445. The average molecular weight is 342 g/mol. The SMILES string of the molecule is C[C@@H](NC(=O)CC(C)(C)CC(=O)O)c1ccccc1Br. The second-order valence-corrected chi connectivity index (χ2v) is 6.58. The van der Waals surface area contributed by atoms with Crippen LogP contribution in [0.3, 0.4) is 0 Å². The van der Waals surface area contributed by atoms with Gasteiger partial charge in [-0.05, 0) is 24.0 Å². The quantitative estimate of drug-likeness (QED) is 0.831. The molecule has 0 spiro atoms. The van der Waals surface area contributed by atoms with Gasteiger partial charge in [0, 0.05) is 10.9 Å². The molecule has 2 N–H and O–H groups in total. The van der Waals surface area contributed by atoms with Crippen LogP contribution in [0.5, 0.6) is 0 Å². The molecule has 0 fully saturated rings. The van der Waals surface area contributed by atoms with Gasteiger partial charge in [0.25, 0.3) is 0 Å². The summed E-state index contributed by atoms with van der Waals surface area (Å²) in [6.07, 6.45) is 0.165. The third-order valence-corrected chi connectivity index (χ3v) is 3.74. The molecule has 1 amide bonds. The van der Waals surface area contributed by atoms with Crippen LogP contribution in [0, 0.1) is 5.41 Å². The Hall–Kier alpha value is -1.36. The van der Waals surface area contributed by atoms with E-state index in [4.69, 9.17) is 5.11 Å². The summed E-state index contributed by atoms with van der Waals surface area (Å²) < 4.78 is 0.942. The van der Waals surface area contributed by atoms with E-state index in [0.29, 0.717) is 0 Å². The highest BCUT2D eigenvalue weighted by Gasteiger charge is 2.26. The molecule has 0 aliphatic heterocycles. The predicted octanol–water partition coefficient (Wildman–Crippen LogP) is 3.52. The highest BCUT2D eigenvalue weighted by molar-refractivity contribution is 9.10. The maximum Gasteiger partial charge on any atom is 0.303 e. The monoisotopic (exact) mass is 341 g/mol. The molecule has 0 saturated carbocycles. The molecule has 1 aromatic rings. The Morgan fingerprint density at radius 2 is 1.90 bits per heavy atom. The molecule has 0 heterocycles. The second-order valence-electron chi connectivity index (χ2n) is 5.72. The first-order chi connectivity index (χ1) is 9.21. The number of halogens is 1. The van der Waals surface area contributed by atoms with Crippen molar-refractivity contribution in [1.82, 2.24) is 5.32 Å². The van der Waals surface area contributed by atoms with E-state index in [9.17, 15) is 9.59 Å². The van der Waals surface area contributed by atoms with Gasteiger partial charge in [-0.25, -0.2) is 0 Å². The fourth-order valence-corrected chi connectivity index (χ4v) is 2.73. The molecule has 1 atom stereocenters. The minimum atomic E-state index is -0.887. The number of hydrogen-bond donors (Lipinski definition) is 2. The number of aliphatic carboxylic acids is 1. The van der Waals surface area contributed by atoms with Gasteiger partial charge in [0.15, 0.2) is 0 Å². The van der Waals surface area contributed by atoms with Crippen LogP contribution in [-0.4, -0.2) is 17.0 Å². The number of carboxylic acid groups (broad SMARTS) is 1. The number of carboxylic acids is 1. The Kier molecular flexibility index (Phi) is 5.74. The van der Waals surface area contributed by atoms with E-state index in [2.05, 4.69) is 21.2 Å². The number of carbonyl (C=O) groups excluding carboxylic acids is 1. The van der Waals surface area contributed by atoms with Gasteiger partial charge in [-0.2, -0.15) is 0 Å². The lowest BCUT2D eigenvalue weighted by Crippen LogP contribution is -2.32. The van der Waals surface area contributed by atoms with Crippen LogP contribution in [0.2, 0.25) is 0 Å². The standard InChI is InChI=1S/C15H20BrNO3/c1-10(11-6-4-5-7-12(11)16)17-13(18)8-15(2,3)9-14(19)20/h4-7,10H,8-9H2,1-3H3,(H,17,18)(H,19,20)/t10-/m1/s1. The third-order valence-electron chi connectivity index (χ3n) is 3.02. The Bertz CT molecular complexity index is 500. The van der Waals surface area contributed by atoms with Crippen molar-refractivity contribution in [2.24, 2.45) is 5.41 Å². The zero-order chi connectivity index (χ0) is 15.3. The van der Waals surface area contributed by atoms with E-state index in [-0.39, 0.29) is 24.8 Å². The molecule has 1 aromatic carbocycles. The lowest BCUT2D eigenvalue weighted by Gasteiger charge is -2.23. The van der Waals surface area contributed by atoms with Gasteiger partial charge in [0.1, 0.15) is 0 Å². The van der Waals surface area contributed by atoms with Gasteiger partial charge >= 0.3 is 5.97 Å². The molecule has 0 bridgehead atoms. The fraction of sp³-hybridized carbons (Fsp3) is 0.467. The van der Waals surface area contributed by atoms with E-state index in [1.54, 1.807) is 13.8 Å². The third kappa shape index (κ3) is 5.33. The highest BCUT2D eigenvalue weighted by Crippen LogP contribution is 2.26. The van der Waals surface area contributed by atoms with Crippen LogP contribution >= 0.6 is 15.9 Å². The van der Waals surface area contributed by atoms with Crippen LogP contribution in [0.15, 0.2) is 28.7 Å². The van der Waals surface area contributed by atoms with Gasteiger partial charge in [-0.3, -0.25) is 9.59 Å². The lowest BCUT2D eigenvalue weighted by atomic mass is 9.85. The number of amides is 1. The van der Waals surface area contributed by atoms with E-state index >= 15 is 0 Å². The zero-order valence-electron chi connectivity index (χ0n) is 11.9. The number of nitrogens with one attached hydrogen (secondary N) is 1. The Balaban J connectivity index is 2.63. The van der Waals surface area contributed by atoms with Crippen molar-refractivity contribution in [2.75, 3.05) is 0 Å². The van der Waals surface area contributed by atoms with Crippen LogP contribution in [-0.2, 0) is 9.59 Å². The van der Waals surface area contributed by atoms with Gasteiger partial charge in [0.05, 0.1) is 12.5 Å². The first-order valence-electron chi connectivity index (χ1n) is 6.47. The summed E-state index contributed by atoms with van der Waals surface area (Å²) in [5.74, 6) is -1.03. The summed E-state index contributed by atoms with van der Waals surface area (Å²) in [5, 5.41) is 11.7. The summed E-state index contributed by atoms with van der Waals surface area (Å²) in [7, 11) is 0. The molecule has 0 radical (unpaired) electrons. The average Bonchev–Trinajstić information content (AvgIpc) is 2.25. The first-order valence-corrected chi connectivity index (χ1v) is 7.26. The molecule has 5 heteroatoms. The van der Waals surface area contributed by atoms with Crippen molar-refractivity contribution in [2.45, 2.75) is 39.7 Å². The molecule has 110 valence electrons. The molecule has 0 aliphatic carbocycles. The molecule has 1 rings (SSSR count). The first kappa shape index (κ1) is 16.7. The largest absolute Gasteiger partial charge is 0.481 e. The number of benzene rings is 1. The maximum atomic E-state index is 12.0. The minimum Gasteiger partial charge on any atom is -0.481 e. The Morgan fingerprint density at radius 1 is 1.30 bits per heavy atom. The van der Waals surface area contributed by atoms with Gasteiger partial charge in [-0.1, -0.05) is 48.0 Å². The molecule has 0 unspecified atom stereocenters. The predicted molar refractivity (Wildman–Crippen MR) is 81.4 cm³/mol. The topological polar surface area (TPSA) is 66.4 Å². The summed E-state index contributed by atoms with van der Waals surface area (Å²) in [6.45, 7) is 5.47. The van der Waals surface area contributed by atoms with Crippen molar-refractivity contribution in [3.8, 4) is 0 Å². The van der Waals surface area contributed by atoms with Gasteiger partial charge < -0.3 is 10.4 Å². The Labute approximate surface area is 127 Å². The Morgan fingerprint density at radius 3 is 2.45 bits per heavy atom. The van der Waals surface area contributed by atoms with Crippen molar-refractivity contribution in [3.63, 3.8) is 0 Å². The molecule has 0 aliphatic rings. The molecule has 4 nitrogen and oxygen atoms in total. The highest BCUT2D eigenvalue weighted by atomic mass is 79.9. The van der Waals surface area contributed by atoms with Crippen molar-refractivity contribution in [1.29, 1.82) is 0 Å². The molecular weight excluding hydrogens is 322 g/mol. The summed E-state index contributed by atoms with van der Waals surface area (Å²) in [6, 6.07) is 7.57. The van der Waals surface area contributed by atoms with E-state index < -0.39 is 11.4 Å². The number of rotatable bonds is 6. The molecule has 0 aromatic heterocycles. The van der Waals surface area contributed by atoms with Crippen molar-refractivity contribution in [3.05, 3.63) is 34.3 Å². The van der Waals surface area contributed by atoms with Crippen LogP contribution in [0.4, 0.5) is 0 Å². The molecule has 20 heavy (non-hydrogen) atoms. The normalized spacial score (nSPS) is 12.8. The van der Waals surface area contributed by atoms with Crippen LogP contribution in [0.25, 0.3) is 0 Å². The van der Waals surface area contributed by atoms with Crippen molar-refractivity contribution < 1.29 is 14.7 Å². The smallest absolute Gasteiger partial charge is 0.303 e. The number of hydrogen-bond acceptors (Lipinski definition) is 2. The van der Waals surface area contributed by atoms with Crippen LogP contribution in [0.1, 0.15) is 45.2 Å². The van der Waals surface area contributed by atoms with Crippen molar-refractivity contribution >= 4 is 27.8 Å². The minimum absolute atomic E-state index is 0.0240.